The molecule has 2 unspecified atom stereocenters. The van der Waals surface area contributed by atoms with E-state index in [1.54, 1.807) is 62.3 Å². The van der Waals surface area contributed by atoms with Gasteiger partial charge < -0.3 is 69.6 Å². The smallest absolute Gasteiger partial charge is 0.305 e. The predicted molar refractivity (Wildman–Crippen MR) is 391 cm³/mol. The van der Waals surface area contributed by atoms with Crippen molar-refractivity contribution in [1.82, 2.24) is 53.4 Å². The molecule has 0 saturated carbocycles. The number of amides is 9. The van der Waals surface area contributed by atoms with Crippen LogP contribution in [0, 0.1) is 41.4 Å². The Hall–Kier alpha value is -7.69. The third-order valence-electron chi connectivity index (χ3n) is 18.9. The standard InChI is InChI=1S/C73H128N14O15/c1-17-21-30-49(34-33-47(13)88)65(97)85-73(16)36-28-26-24-23-25-27-35-72(15,87-86-58(45(11)19-3)61(93)60(92)57(44(9)10)83-69(101)53(39-43(7)8)82-70(73)102)55(89)40-50(31-22-18-2)64(96)78-48(14)63(95)80-52(38-42(5)6)67(99)81-54(41-56(90)91)68(100)79-51(32-29-37-77-71(75)76)66(98)84-59(62(74)94)46(12)20-4/h23-24,42-46,48-54,57-59,86-87H,17-22,25-41H2,1-16H3,(H2,74,94)(H,78,96)(H,79,100)(H,80,95)(H,81,99)(H,82,102)(H,83,101)(H,84,98)(H,85,97)(H,90,91)(H4,75,76,77)/b24-23-/t45-,46-,48?,49+,50+,51-,52-,53-,54?,57-,58-,59-,72-,73-/m0/s1. The van der Waals surface area contributed by atoms with Crippen LogP contribution in [-0.2, 0) is 67.1 Å². The van der Waals surface area contributed by atoms with E-state index in [0.717, 1.165) is 12.8 Å². The molecule has 0 aromatic carbocycles. The lowest BCUT2D eigenvalue weighted by molar-refractivity contribution is -0.142. The van der Waals surface area contributed by atoms with Crippen molar-refractivity contribution in [3.05, 3.63) is 12.2 Å². The fourth-order valence-corrected chi connectivity index (χ4v) is 11.9. The number of ketones is 4. The molecule has 0 aromatic rings. The van der Waals surface area contributed by atoms with Gasteiger partial charge in [0.05, 0.1) is 24.0 Å². The van der Waals surface area contributed by atoms with Gasteiger partial charge in [-0.05, 0) is 141 Å². The number of carbonyl (C=O) groups is 14. The van der Waals surface area contributed by atoms with E-state index in [1.165, 1.54) is 13.8 Å². The van der Waals surface area contributed by atoms with Crippen molar-refractivity contribution in [1.29, 1.82) is 0 Å². The van der Waals surface area contributed by atoms with Gasteiger partial charge in [-0.3, -0.25) is 67.3 Å². The van der Waals surface area contributed by atoms with E-state index in [1.807, 2.05) is 46.8 Å². The van der Waals surface area contributed by atoms with Gasteiger partial charge in [0, 0.05) is 31.2 Å². The molecule has 1 heterocycles. The Balaban J connectivity index is 3.81. The molecule has 0 bridgehead atoms. The number of unbranched alkanes of at least 4 members (excludes halogenated alkanes) is 2. The first-order valence-electron chi connectivity index (χ1n) is 37.0. The number of carboxylic acid groups (broad SMARTS) is 1. The molecule has 29 nitrogen and oxygen atoms in total. The summed E-state index contributed by atoms with van der Waals surface area (Å²) in [6, 6.07) is -10.8. The fourth-order valence-electron chi connectivity index (χ4n) is 11.9. The number of Topliss-reactive ketones (excluding diaryl/α,β-unsaturated/α-hetero) is 4. The highest BCUT2D eigenvalue weighted by Crippen LogP contribution is 2.26. The van der Waals surface area contributed by atoms with Gasteiger partial charge in [-0.2, -0.15) is 0 Å². The van der Waals surface area contributed by atoms with Gasteiger partial charge in [0.15, 0.2) is 11.7 Å². The Morgan fingerprint density at radius 1 is 0.618 bits per heavy atom. The summed E-state index contributed by atoms with van der Waals surface area (Å²) in [6.45, 7) is 27.7. The van der Waals surface area contributed by atoms with Crippen LogP contribution >= 0.6 is 0 Å². The molecular weight excluding hydrogens is 1310 g/mol. The van der Waals surface area contributed by atoms with E-state index in [0.29, 0.717) is 64.2 Å². The van der Waals surface area contributed by atoms with Crippen LogP contribution in [0.15, 0.2) is 17.1 Å². The summed E-state index contributed by atoms with van der Waals surface area (Å²) in [4.78, 5) is 199. The Morgan fingerprint density at radius 3 is 1.71 bits per heavy atom. The SMILES string of the molecule is CCCC[C@H](CC(=O)[C@]1(C)CCC/C=C\CCC[C@](C)(NC(=O)[C@H](CCCC)CCC(C)=O)C(=O)N[C@@H](CC(C)C)C(=O)N[C@@H](C(C)C)C(=O)C(=O)[C@H]([C@@H](C)CC)NN1)C(=O)NC(C)C(=O)N[C@@H](CC(C)C)C(=O)NC(CC(=O)O)C(=O)N[C@@H](CCCN=C(N)N)C(=O)N[C@H](C(N)=O)[C@@H](C)CC. The summed E-state index contributed by atoms with van der Waals surface area (Å²) in [7, 11) is 0. The quantitative estimate of drug-likeness (QED) is 0.0133. The summed E-state index contributed by atoms with van der Waals surface area (Å²) in [5.74, 6) is -14.5. The molecule has 0 radical (unpaired) electrons. The van der Waals surface area contributed by atoms with Crippen LogP contribution in [0.5, 0.6) is 0 Å². The third-order valence-corrected chi connectivity index (χ3v) is 18.9. The third kappa shape index (κ3) is 33.2. The van der Waals surface area contributed by atoms with E-state index in [2.05, 4.69) is 58.4 Å². The van der Waals surface area contributed by atoms with E-state index in [9.17, 15) is 67.4 Å². The first-order valence-corrected chi connectivity index (χ1v) is 37.0. The molecule has 9 amide bonds. The number of hydrogen-bond acceptors (Lipinski definition) is 17. The number of aliphatic imine (C=N–C) groups is 1. The minimum absolute atomic E-state index is 0.0284. The molecule has 0 spiro atoms. The highest BCUT2D eigenvalue weighted by atomic mass is 16.4. The van der Waals surface area contributed by atoms with Crippen LogP contribution in [0.25, 0.3) is 0 Å². The number of primary amides is 1. The maximum absolute atomic E-state index is 15.1. The molecule has 580 valence electrons. The second-order valence-electron chi connectivity index (χ2n) is 29.6. The molecule has 14 atom stereocenters. The summed E-state index contributed by atoms with van der Waals surface area (Å²) >= 11 is 0. The molecule has 0 fully saturated rings. The molecule has 29 heteroatoms. The number of carboxylic acids is 1. The van der Waals surface area contributed by atoms with Gasteiger partial charge in [0.2, 0.25) is 64.7 Å². The number of allylic oxidation sites excluding steroid dienone is 2. The highest BCUT2D eigenvalue weighted by molar-refractivity contribution is 6.41. The lowest BCUT2D eigenvalue weighted by atomic mass is 9.83. The molecule has 0 aliphatic carbocycles. The van der Waals surface area contributed by atoms with Crippen molar-refractivity contribution >= 4 is 88.2 Å². The van der Waals surface area contributed by atoms with Gasteiger partial charge in [-0.15, -0.1) is 0 Å². The van der Waals surface area contributed by atoms with Gasteiger partial charge in [0.1, 0.15) is 47.6 Å². The predicted octanol–water partition coefficient (Wildman–Crippen LogP) is 4.34. The maximum atomic E-state index is 15.1. The molecule has 1 aliphatic rings. The van der Waals surface area contributed by atoms with Crippen LogP contribution in [0.4, 0.5) is 0 Å². The monoisotopic (exact) mass is 1440 g/mol. The van der Waals surface area contributed by atoms with Crippen LogP contribution in [0.2, 0.25) is 0 Å². The Bertz CT molecular complexity index is 2860. The lowest BCUT2D eigenvalue weighted by Crippen LogP contribution is -2.64. The van der Waals surface area contributed by atoms with Crippen molar-refractivity contribution in [2.45, 2.75) is 311 Å². The first-order chi connectivity index (χ1) is 47.7. The van der Waals surface area contributed by atoms with Gasteiger partial charge in [-0.25, -0.2) is 10.9 Å². The number of guanidine groups is 1. The van der Waals surface area contributed by atoms with Crippen molar-refractivity contribution in [3.63, 3.8) is 0 Å². The Labute approximate surface area is 605 Å². The fraction of sp³-hybridized carbons (Fsp3) is 0.767. The first kappa shape index (κ1) is 92.3. The van der Waals surface area contributed by atoms with E-state index >= 15 is 4.79 Å². The summed E-state index contributed by atoms with van der Waals surface area (Å²) < 4.78 is 0. The molecule has 17 N–H and O–H groups in total. The molecule has 1 rings (SSSR count). The lowest BCUT2D eigenvalue weighted by Gasteiger charge is -2.35. The van der Waals surface area contributed by atoms with E-state index in [-0.39, 0.29) is 93.8 Å². The second kappa shape index (κ2) is 46.8. The number of nitrogens with two attached hydrogens (primary N) is 3. The Kier molecular flexibility index (Phi) is 42.4. The van der Waals surface area contributed by atoms with Crippen LogP contribution < -0.4 is 70.6 Å². The summed E-state index contributed by atoms with van der Waals surface area (Å²) in [6.07, 6.45) is 9.44. The molecular formula is C73H128N14O15. The van der Waals surface area contributed by atoms with Crippen molar-refractivity contribution < 1.29 is 72.2 Å². The van der Waals surface area contributed by atoms with Crippen LogP contribution in [-0.4, -0.2) is 159 Å². The zero-order chi connectivity index (χ0) is 77.8. The van der Waals surface area contributed by atoms with Crippen molar-refractivity contribution in [2.24, 2.45) is 63.6 Å². The van der Waals surface area contributed by atoms with Crippen molar-refractivity contribution in [2.75, 3.05) is 6.54 Å². The largest absolute Gasteiger partial charge is 0.481 e. The molecule has 0 saturated heterocycles. The molecule has 0 aromatic heterocycles. The normalized spacial score (nSPS) is 22.0. The maximum Gasteiger partial charge on any atom is 0.305 e. The summed E-state index contributed by atoms with van der Waals surface area (Å²) in [5.41, 5.74) is 19.7. The zero-order valence-electron chi connectivity index (χ0n) is 63.9. The van der Waals surface area contributed by atoms with Crippen LogP contribution in [0.1, 0.15) is 252 Å². The Morgan fingerprint density at radius 2 is 1.18 bits per heavy atom. The average Bonchev–Trinajstić information content (AvgIpc) is 0.859. The minimum atomic E-state index is -1.80. The van der Waals surface area contributed by atoms with E-state index in [4.69, 9.17) is 17.2 Å². The second-order valence-corrected chi connectivity index (χ2v) is 29.6. The number of rotatable bonds is 40. The highest BCUT2D eigenvalue weighted by Gasteiger charge is 2.43. The number of nitrogens with zero attached hydrogens (tertiary/aromatic N) is 1. The minimum Gasteiger partial charge on any atom is -0.481 e. The molecule has 102 heavy (non-hydrogen) atoms. The number of nitrogens with one attached hydrogen (secondary N) is 10. The van der Waals surface area contributed by atoms with Gasteiger partial charge in [-0.1, -0.05) is 134 Å². The topological polar surface area (TPSA) is 470 Å². The number of aliphatic carboxylic acids is 1. The number of carbonyl (C=O) groups excluding carboxylic acids is 13. The number of hydrogen-bond donors (Lipinski definition) is 14. The summed E-state index contributed by atoms with van der Waals surface area (Å²) in [5, 5.41) is 31.5. The van der Waals surface area contributed by atoms with Crippen LogP contribution in [0.3, 0.4) is 0 Å². The van der Waals surface area contributed by atoms with Gasteiger partial charge in [0.25, 0.3) is 0 Å². The van der Waals surface area contributed by atoms with Gasteiger partial charge >= 0.3 is 5.97 Å². The van der Waals surface area contributed by atoms with Crippen molar-refractivity contribution in [3.8, 4) is 0 Å². The average molecular weight is 1440 g/mol. The number of hydrazine groups is 1. The molecule has 1 aliphatic heterocycles. The zero-order valence-corrected chi connectivity index (χ0v) is 63.9. The van der Waals surface area contributed by atoms with E-state index < -0.39 is 166 Å².